The summed E-state index contributed by atoms with van der Waals surface area (Å²) in [5.41, 5.74) is 8.67. The Bertz CT molecular complexity index is 520. The van der Waals surface area contributed by atoms with E-state index in [1.165, 1.54) is 12.8 Å². The monoisotopic (exact) mass is 243 g/mol. The molecule has 0 saturated carbocycles. The SMILES string of the molecule is CC(C)CCCNc1ccnc2c(N)cccc12. The molecule has 0 aliphatic carbocycles. The number of nitrogen functional groups attached to an aromatic ring is 1. The zero-order valence-corrected chi connectivity index (χ0v) is 11.1. The van der Waals surface area contributed by atoms with Gasteiger partial charge < -0.3 is 11.1 Å². The third kappa shape index (κ3) is 2.92. The van der Waals surface area contributed by atoms with Crippen LogP contribution in [0.4, 0.5) is 11.4 Å². The number of fused-ring (bicyclic) bond motifs is 1. The summed E-state index contributed by atoms with van der Waals surface area (Å²) in [5.74, 6) is 0.761. The molecule has 0 saturated heterocycles. The van der Waals surface area contributed by atoms with Crippen molar-refractivity contribution in [2.75, 3.05) is 17.6 Å². The quantitative estimate of drug-likeness (QED) is 0.622. The van der Waals surface area contributed by atoms with Crippen LogP contribution < -0.4 is 11.1 Å². The van der Waals surface area contributed by atoms with Crippen molar-refractivity contribution in [3.05, 3.63) is 30.5 Å². The topological polar surface area (TPSA) is 50.9 Å². The van der Waals surface area contributed by atoms with Crippen molar-refractivity contribution in [3.8, 4) is 0 Å². The van der Waals surface area contributed by atoms with Crippen LogP contribution in [-0.4, -0.2) is 11.5 Å². The summed E-state index contributed by atoms with van der Waals surface area (Å²) in [6, 6.07) is 7.93. The van der Waals surface area contributed by atoms with Crippen molar-refractivity contribution in [2.45, 2.75) is 26.7 Å². The molecule has 3 N–H and O–H groups in total. The lowest BCUT2D eigenvalue weighted by atomic mass is 10.1. The van der Waals surface area contributed by atoms with Gasteiger partial charge in [-0.15, -0.1) is 0 Å². The molecule has 0 bridgehead atoms. The molecule has 0 unspecified atom stereocenters. The number of benzene rings is 1. The van der Waals surface area contributed by atoms with Crippen LogP contribution in [0.2, 0.25) is 0 Å². The van der Waals surface area contributed by atoms with E-state index in [0.29, 0.717) is 0 Å². The van der Waals surface area contributed by atoms with Gasteiger partial charge >= 0.3 is 0 Å². The Labute approximate surface area is 108 Å². The maximum absolute atomic E-state index is 5.93. The van der Waals surface area contributed by atoms with Crippen molar-refractivity contribution >= 4 is 22.3 Å². The Morgan fingerprint density at radius 2 is 2.11 bits per heavy atom. The van der Waals surface area contributed by atoms with E-state index in [1.807, 2.05) is 24.4 Å². The number of para-hydroxylation sites is 1. The van der Waals surface area contributed by atoms with Crippen LogP contribution in [-0.2, 0) is 0 Å². The van der Waals surface area contributed by atoms with Gasteiger partial charge in [0.15, 0.2) is 0 Å². The van der Waals surface area contributed by atoms with Gasteiger partial charge in [0.1, 0.15) is 0 Å². The molecular formula is C15H21N3. The largest absolute Gasteiger partial charge is 0.397 e. The van der Waals surface area contributed by atoms with E-state index < -0.39 is 0 Å². The molecule has 0 amide bonds. The maximum Gasteiger partial charge on any atom is 0.0951 e. The maximum atomic E-state index is 5.93. The van der Waals surface area contributed by atoms with E-state index in [-0.39, 0.29) is 0 Å². The molecule has 0 radical (unpaired) electrons. The van der Waals surface area contributed by atoms with E-state index in [9.17, 15) is 0 Å². The first-order chi connectivity index (χ1) is 8.68. The van der Waals surface area contributed by atoms with E-state index in [2.05, 4.69) is 30.2 Å². The third-order valence-electron chi connectivity index (χ3n) is 3.08. The number of rotatable bonds is 5. The van der Waals surface area contributed by atoms with Gasteiger partial charge in [0, 0.05) is 23.8 Å². The zero-order valence-electron chi connectivity index (χ0n) is 11.1. The highest BCUT2D eigenvalue weighted by atomic mass is 14.9. The first kappa shape index (κ1) is 12.7. The van der Waals surface area contributed by atoms with Gasteiger partial charge in [0.25, 0.3) is 0 Å². The van der Waals surface area contributed by atoms with Crippen molar-refractivity contribution in [3.63, 3.8) is 0 Å². The number of aromatic nitrogens is 1. The summed E-state index contributed by atoms with van der Waals surface area (Å²) in [4.78, 5) is 4.33. The molecule has 0 spiro atoms. The molecule has 3 heteroatoms. The van der Waals surface area contributed by atoms with E-state index in [1.54, 1.807) is 0 Å². The van der Waals surface area contributed by atoms with E-state index in [0.717, 1.165) is 34.7 Å². The number of nitrogens with zero attached hydrogens (tertiary/aromatic N) is 1. The molecule has 18 heavy (non-hydrogen) atoms. The number of nitrogens with one attached hydrogen (secondary N) is 1. The third-order valence-corrected chi connectivity index (χ3v) is 3.08. The Hall–Kier alpha value is -1.77. The van der Waals surface area contributed by atoms with Gasteiger partial charge in [-0.05, 0) is 30.9 Å². The predicted molar refractivity (Wildman–Crippen MR) is 78.7 cm³/mol. The normalized spacial score (nSPS) is 11.1. The molecular weight excluding hydrogens is 222 g/mol. The lowest BCUT2D eigenvalue weighted by molar-refractivity contribution is 0.567. The zero-order chi connectivity index (χ0) is 13.0. The second-order valence-electron chi connectivity index (χ2n) is 5.06. The highest BCUT2D eigenvalue weighted by molar-refractivity contribution is 5.97. The summed E-state index contributed by atoms with van der Waals surface area (Å²) in [5, 5.41) is 4.57. The van der Waals surface area contributed by atoms with Crippen molar-refractivity contribution in [1.29, 1.82) is 0 Å². The first-order valence-corrected chi connectivity index (χ1v) is 6.55. The highest BCUT2D eigenvalue weighted by Gasteiger charge is 2.03. The van der Waals surface area contributed by atoms with E-state index >= 15 is 0 Å². The van der Waals surface area contributed by atoms with Crippen LogP contribution in [0.25, 0.3) is 10.9 Å². The molecule has 1 heterocycles. The summed E-state index contributed by atoms with van der Waals surface area (Å²) in [6.07, 6.45) is 4.24. The highest BCUT2D eigenvalue weighted by Crippen LogP contribution is 2.25. The smallest absolute Gasteiger partial charge is 0.0951 e. The Kier molecular flexibility index (Phi) is 4.03. The number of anilines is 2. The second kappa shape index (κ2) is 5.71. The van der Waals surface area contributed by atoms with Gasteiger partial charge in [-0.3, -0.25) is 4.98 Å². The van der Waals surface area contributed by atoms with Crippen molar-refractivity contribution < 1.29 is 0 Å². The lowest BCUT2D eigenvalue weighted by Gasteiger charge is -2.11. The second-order valence-corrected chi connectivity index (χ2v) is 5.06. The van der Waals surface area contributed by atoms with Crippen LogP contribution in [0.3, 0.4) is 0 Å². The molecule has 0 atom stereocenters. The molecule has 1 aromatic carbocycles. The molecule has 2 rings (SSSR count). The van der Waals surface area contributed by atoms with Gasteiger partial charge in [0.2, 0.25) is 0 Å². The summed E-state index contributed by atoms with van der Waals surface area (Å²) < 4.78 is 0. The lowest BCUT2D eigenvalue weighted by Crippen LogP contribution is -2.04. The van der Waals surface area contributed by atoms with Crippen molar-refractivity contribution in [2.24, 2.45) is 5.92 Å². The molecule has 96 valence electrons. The number of hydrogen-bond donors (Lipinski definition) is 2. The van der Waals surface area contributed by atoms with Gasteiger partial charge in [-0.1, -0.05) is 26.0 Å². The molecule has 1 aromatic heterocycles. The summed E-state index contributed by atoms with van der Waals surface area (Å²) in [6.45, 7) is 5.50. The minimum Gasteiger partial charge on any atom is -0.397 e. The van der Waals surface area contributed by atoms with Crippen molar-refractivity contribution in [1.82, 2.24) is 4.98 Å². The number of nitrogens with two attached hydrogens (primary N) is 1. The number of hydrogen-bond acceptors (Lipinski definition) is 3. The average Bonchev–Trinajstić information content (AvgIpc) is 2.35. The fourth-order valence-corrected chi connectivity index (χ4v) is 2.09. The molecule has 0 aliphatic rings. The molecule has 0 aliphatic heterocycles. The standard InChI is InChI=1S/C15H21N3/c1-11(2)5-4-9-17-14-8-10-18-15-12(14)6-3-7-13(15)16/h3,6-8,10-11H,4-5,9,16H2,1-2H3,(H,17,18). The summed E-state index contributed by atoms with van der Waals surface area (Å²) in [7, 11) is 0. The molecule has 2 aromatic rings. The van der Waals surface area contributed by atoms with Gasteiger partial charge in [0.05, 0.1) is 11.2 Å². The Morgan fingerprint density at radius 1 is 1.28 bits per heavy atom. The van der Waals surface area contributed by atoms with Gasteiger partial charge in [-0.25, -0.2) is 0 Å². The minimum absolute atomic E-state index is 0.735. The van der Waals surface area contributed by atoms with Crippen LogP contribution in [0.5, 0.6) is 0 Å². The first-order valence-electron chi connectivity index (χ1n) is 6.55. The molecule has 0 fully saturated rings. The predicted octanol–water partition coefficient (Wildman–Crippen LogP) is 3.67. The fourth-order valence-electron chi connectivity index (χ4n) is 2.09. The molecule has 3 nitrogen and oxygen atoms in total. The van der Waals surface area contributed by atoms with E-state index in [4.69, 9.17) is 5.73 Å². The Morgan fingerprint density at radius 3 is 2.89 bits per heavy atom. The van der Waals surface area contributed by atoms with Gasteiger partial charge in [-0.2, -0.15) is 0 Å². The number of pyridine rings is 1. The van der Waals surface area contributed by atoms with Crippen LogP contribution >= 0.6 is 0 Å². The van der Waals surface area contributed by atoms with Crippen LogP contribution in [0.1, 0.15) is 26.7 Å². The minimum atomic E-state index is 0.735. The van der Waals surface area contributed by atoms with Crippen LogP contribution in [0.15, 0.2) is 30.5 Å². The van der Waals surface area contributed by atoms with Crippen LogP contribution in [0, 0.1) is 5.92 Å². The fraction of sp³-hybridized carbons (Fsp3) is 0.400. The Balaban J connectivity index is 2.11. The summed E-state index contributed by atoms with van der Waals surface area (Å²) >= 11 is 0. The average molecular weight is 243 g/mol.